The Labute approximate surface area is 192 Å². The van der Waals surface area contributed by atoms with E-state index in [0.717, 1.165) is 35.4 Å². The molecule has 0 radical (unpaired) electrons. The molecule has 0 spiro atoms. The maximum Gasteiger partial charge on any atom is 0.341 e. The molecule has 0 aromatic carbocycles. The van der Waals surface area contributed by atoms with Crippen LogP contribution in [0.5, 0.6) is 0 Å². The number of aryl methyl sites for hydroxylation is 1. The van der Waals surface area contributed by atoms with Crippen molar-refractivity contribution in [3.63, 3.8) is 0 Å². The van der Waals surface area contributed by atoms with Gasteiger partial charge in [0.05, 0.1) is 25.3 Å². The van der Waals surface area contributed by atoms with Crippen LogP contribution >= 0.6 is 11.3 Å². The van der Waals surface area contributed by atoms with Crippen LogP contribution in [0.2, 0.25) is 0 Å². The number of fused-ring (bicyclic) bond motifs is 1. The van der Waals surface area contributed by atoms with Crippen molar-refractivity contribution in [3.05, 3.63) is 39.9 Å². The van der Waals surface area contributed by atoms with Crippen molar-refractivity contribution in [2.75, 3.05) is 37.4 Å². The second kappa shape index (κ2) is 10.7. The largest absolute Gasteiger partial charge is 0.462 e. The number of ether oxygens (including phenoxy) is 1. The van der Waals surface area contributed by atoms with Gasteiger partial charge < -0.3 is 15.4 Å². The number of carbonyl (C=O) groups excluding carboxylic acids is 3. The fourth-order valence-electron chi connectivity index (χ4n) is 3.77. The van der Waals surface area contributed by atoms with E-state index < -0.39 is 5.97 Å². The molecule has 1 unspecified atom stereocenters. The lowest BCUT2D eigenvalue weighted by Gasteiger charge is -2.18. The van der Waals surface area contributed by atoms with E-state index in [-0.39, 0.29) is 31.5 Å². The molecule has 2 amide bonds. The highest BCUT2D eigenvalue weighted by atomic mass is 32.1. The van der Waals surface area contributed by atoms with E-state index in [1.165, 1.54) is 11.3 Å². The first-order valence-electron chi connectivity index (χ1n) is 10.8. The topological polar surface area (TPSA) is 101 Å². The van der Waals surface area contributed by atoms with E-state index in [0.29, 0.717) is 22.3 Å². The first-order valence-corrected chi connectivity index (χ1v) is 11.6. The Morgan fingerprint density at radius 2 is 1.94 bits per heavy atom. The van der Waals surface area contributed by atoms with Gasteiger partial charge in [0.1, 0.15) is 10.8 Å². The molecule has 2 aromatic rings. The van der Waals surface area contributed by atoms with Crippen molar-refractivity contribution in [2.45, 2.75) is 40.0 Å². The minimum atomic E-state index is -0.395. The van der Waals surface area contributed by atoms with Gasteiger partial charge in [0.15, 0.2) is 0 Å². The highest BCUT2D eigenvalue weighted by molar-refractivity contribution is 7.17. The third kappa shape index (κ3) is 6.14. The van der Waals surface area contributed by atoms with Gasteiger partial charge in [0.25, 0.3) is 0 Å². The molecule has 9 heteroatoms. The zero-order chi connectivity index (χ0) is 23.3. The van der Waals surface area contributed by atoms with Gasteiger partial charge in [-0.25, -0.2) is 9.78 Å². The molecule has 1 atom stereocenters. The van der Waals surface area contributed by atoms with Crippen LogP contribution in [0.25, 0.3) is 0 Å². The van der Waals surface area contributed by atoms with Crippen LogP contribution in [0.3, 0.4) is 0 Å². The Bertz CT molecular complexity index is 1000. The molecule has 0 saturated carbocycles. The van der Waals surface area contributed by atoms with Crippen LogP contribution in [0.4, 0.5) is 10.8 Å². The predicted molar refractivity (Wildman–Crippen MR) is 125 cm³/mol. The summed E-state index contributed by atoms with van der Waals surface area (Å²) in [6.07, 6.45) is 2.72. The van der Waals surface area contributed by atoms with Crippen LogP contribution in [-0.4, -0.2) is 54.4 Å². The monoisotopic (exact) mass is 458 g/mol. The maximum atomic E-state index is 12.7. The third-order valence-electron chi connectivity index (χ3n) is 5.23. The number of carbonyl (C=O) groups is 3. The zero-order valence-corrected chi connectivity index (χ0v) is 19.8. The molecule has 0 saturated heterocycles. The minimum Gasteiger partial charge on any atom is -0.462 e. The minimum absolute atomic E-state index is 0.00982. The maximum absolute atomic E-state index is 12.7. The van der Waals surface area contributed by atoms with Gasteiger partial charge in [0.2, 0.25) is 11.8 Å². The van der Waals surface area contributed by atoms with Gasteiger partial charge in [-0.05, 0) is 63.8 Å². The fourth-order valence-corrected chi connectivity index (χ4v) is 5.18. The number of hydrogen-bond donors (Lipinski definition) is 2. The summed E-state index contributed by atoms with van der Waals surface area (Å²) in [6.45, 7) is 6.13. The molecule has 2 N–H and O–H groups in total. The molecule has 32 heavy (non-hydrogen) atoms. The number of amides is 2. The van der Waals surface area contributed by atoms with E-state index in [1.54, 1.807) is 24.9 Å². The van der Waals surface area contributed by atoms with E-state index in [2.05, 4.69) is 22.5 Å². The molecule has 3 rings (SSSR count). The molecule has 172 valence electrons. The predicted octanol–water partition coefficient (Wildman–Crippen LogP) is 3.26. The Morgan fingerprint density at radius 3 is 2.62 bits per heavy atom. The van der Waals surface area contributed by atoms with Crippen LogP contribution in [0, 0.1) is 12.8 Å². The fraction of sp³-hybridized carbons (Fsp3) is 0.478. The number of hydrogen-bond acceptors (Lipinski definition) is 7. The van der Waals surface area contributed by atoms with Crippen LogP contribution < -0.4 is 10.6 Å². The Kier molecular flexibility index (Phi) is 7.98. The summed E-state index contributed by atoms with van der Waals surface area (Å²) in [5.41, 5.74) is 2.29. The lowest BCUT2D eigenvalue weighted by molar-refractivity contribution is -0.119. The van der Waals surface area contributed by atoms with Crippen LogP contribution in [0.1, 0.15) is 46.8 Å². The molecular formula is C23H30N4O4S. The molecule has 2 heterocycles. The number of thiophene rings is 1. The van der Waals surface area contributed by atoms with Crippen molar-refractivity contribution in [1.82, 2.24) is 9.88 Å². The lowest BCUT2D eigenvalue weighted by atomic mass is 9.88. The van der Waals surface area contributed by atoms with Crippen molar-refractivity contribution < 1.29 is 19.1 Å². The van der Waals surface area contributed by atoms with Gasteiger partial charge in [0, 0.05) is 10.6 Å². The lowest BCUT2D eigenvalue weighted by Crippen LogP contribution is -2.36. The highest BCUT2D eigenvalue weighted by Gasteiger charge is 2.29. The number of rotatable bonds is 8. The smallest absolute Gasteiger partial charge is 0.341 e. The molecule has 8 nitrogen and oxygen atoms in total. The van der Waals surface area contributed by atoms with E-state index in [9.17, 15) is 14.4 Å². The number of nitrogens with zero attached hydrogens (tertiary/aromatic N) is 2. The standard InChI is InChI=1S/C23H30N4O4S/c1-5-31-23(30)21-16-10-9-14(2)11-17(16)32-22(21)26-20(29)13-27(4)12-19(28)25-18-8-6-7-15(3)24-18/h6-8,14H,5,9-13H2,1-4H3,(H,26,29)(H,24,25,28). The first kappa shape index (κ1) is 23.9. The summed E-state index contributed by atoms with van der Waals surface area (Å²) in [7, 11) is 1.69. The zero-order valence-electron chi connectivity index (χ0n) is 19.0. The van der Waals surface area contributed by atoms with Crippen LogP contribution in [0.15, 0.2) is 18.2 Å². The molecule has 0 bridgehead atoms. The summed E-state index contributed by atoms with van der Waals surface area (Å²) in [5.74, 6) is 0.0863. The number of esters is 1. The molecule has 0 aliphatic heterocycles. The number of aromatic nitrogens is 1. The Morgan fingerprint density at radius 1 is 1.22 bits per heavy atom. The number of pyridine rings is 1. The number of nitrogens with one attached hydrogen (secondary N) is 2. The SMILES string of the molecule is CCOC(=O)c1c(NC(=O)CN(C)CC(=O)Nc2cccc(C)n2)sc2c1CCC(C)C2. The Balaban J connectivity index is 1.62. The molecule has 2 aromatic heterocycles. The summed E-state index contributed by atoms with van der Waals surface area (Å²) in [4.78, 5) is 44.5. The van der Waals surface area contributed by atoms with Gasteiger partial charge in [-0.1, -0.05) is 13.0 Å². The van der Waals surface area contributed by atoms with Crippen molar-refractivity contribution in [2.24, 2.45) is 5.92 Å². The third-order valence-corrected chi connectivity index (χ3v) is 6.40. The molecule has 1 aliphatic rings. The van der Waals surface area contributed by atoms with Gasteiger partial charge >= 0.3 is 5.97 Å². The molecule has 1 aliphatic carbocycles. The quantitative estimate of drug-likeness (QED) is 0.589. The van der Waals surface area contributed by atoms with Crippen LogP contribution in [-0.2, 0) is 27.2 Å². The van der Waals surface area contributed by atoms with Crippen molar-refractivity contribution >= 4 is 39.9 Å². The average Bonchev–Trinajstić information content (AvgIpc) is 3.04. The van der Waals surface area contributed by atoms with Gasteiger partial charge in [-0.3, -0.25) is 14.5 Å². The summed E-state index contributed by atoms with van der Waals surface area (Å²) >= 11 is 1.45. The second-order valence-electron chi connectivity index (χ2n) is 8.21. The molecular weight excluding hydrogens is 428 g/mol. The summed E-state index contributed by atoms with van der Waals surface area (Å²) in [6, 6.07) is 5.38. The van der Waals surface area contributed by atoms with Crippen molar-refractivity contribution in [1.29, 1.82) is 0 Å². The number of anilines is 2. The highest BCUT2D eigenvalue weighted by Crippen LogP contribution is 2.40. The van der Waals surface area contributed by atoms with Gasteiger partial charge in [-0.15, -0.1) is 11.3 Å². The van der Waals surface area contributed by atoms with E-state index >= 15 is 0 Å². The molecule has 0 fully saturated rings. The van der Waals surface area contributed by atoms with E-state index in [4.69, 9.17) is 4.74 Å². The van der Waals surface area contributed by atoms with Gasteiger partial charge in [-0.2, -0.15) is 0 Å². The first-order chi connectivity index (χ1) is 15.3. The normalized spacial score (nSPS) is 15.2. The summed E-state index contributed by atoms with van der Waals surface area (Å²) in [5, 5.41) is 6.14. The Hall–Kier alpha value is -2.78. The summed E-state index contributed by atoms with van der Waals surface area (Å²) < 4.78 is 5.25. The van der Waals surface area contributed by atoms with Crippen molar-refractivity contribution in [3.8, 4) is 0 Å². The number of likely N-dealkylation sites (N-methyl/N-ethyl adjacent to an activating group) is 1. The average molecular weight is 459 g/mol. The second-order valence-corrected chi connectivity index (χ2v) is 9.31. The van der Waals surface area contributed by atoms with E-state index in [1.807, 2.05) is 19.1 Å².